The van der Waals surface area contributed by atoms with Crippen LogP contribution in [0.25, 0.3) is 21.6 Å². The van der Waals surface area contributed by atoms with Crippen molar-refractivity contribution in [1.29, 1.82) is 0 Å². The average Bonchev–Trinajstić information content (AvgIpc) is 3.24. The second kappa shape index (κ2) is 7.48. The summed E-state index contributed by atoms with van der Waals surface area (Å²) in [5.74, 6) is -0.841. The first-order valence-corrected chi connectivity index (χ1v) is 9.00. The van der Waals surface area contributed by atoms with Crippen LogP contribution in [0.15, 0.2) is 35.7 Å². The van der Waals surface area contributed by atoms with E-state index in [0.29, 0.717) is 5.69 Å². The van der Waals surface area contributed by atoms with E-state index in [4.69, 9.17) is 4.74 Å². The smallest absolute Gasteiger partial charge is 0.325 e. The highest BCUT2D eigenvalue weighted by atomic mass is 32.1. The van der Waals surface area contributed by atoms with Gasteiger partial charge in [0.2, 0.25) is 0 Å². The number of carbonyl (C=O) groups is 2. The van der Waals surface area contributed by atoms with Gasteiger partial charge in [0.25, 0.3) is 5.91 Å². The van der Waals surface area contributed by atoms with Crippen LogP contribution in [-0.4, -0.2) is 34.6 Å². The van der Waals surface area contributed by atoms with Gasteiger partial charge in [0, 0.05) is 22.8 Å². The summed E-state index contributed by atoms with van der Waals surface area (Å²) in [6, 6.07) is 10.2. The molecule has 2 heterocycles. The number of amides is 1. The molecule has 0 aliphatic heterocycles. The lowest BCUT2D eigenvalue weighted by Crippen LogP contribution is -2.30. The zero-order valence-corrected chi connectivity index (χ0v) is 14.9. The Bertz CT molecular complexity index is 913. The molecule has 1 amide bonds. The molecule has 0 aliphatic rings. The predicted octanol–water partition coefficient (Wildman–Crippen LogP) is 3.08. The van der Waals surface area contributed by atoms with Crippen LogP contribution in [0.4, 0.5) is 0 Å². The van der Waals surface area contributed by atoms with E-state index >= 15 is 0 Å². The molecule has 6 nitrogen and oxygen atoms in total. The van der Waals surface area contributed by atoms with Gasteiger partial charge in [-0.25, -0.2) is 4.98 Å². The number of thiazole rings is 1. The van der Waals surface area contributed by atoms with Gasteiger partial charge in [-0.3, -0.25) is 9.59 Å². The minimum atomic E-state index is -0.461. The van der Waals surface area contributed by atoms with Crippen molar-refractivity contribution < 1.29 is 14.3 Å². The number of benzene rings is 1. The number of nitrogens with one attached hydrogen (secondary N) is 1. The third-order valence-corrected chi connectivity index (χ3v) is 4.65. The summed E-state index contributed by atoms with van der Waals surface area (Å²) in [7, 11) is 0. The van der Waals surface area contributed by atoms with Crippen LogP contribution < -0.4 is 5.32 Å². The number of aryl methyl sites for hydroxylation is 1. The van der Waals surface area contributed by atoms with E-state index in [1.807, 2.05) is 12.1 Å². The molecule has 3 aromatic rings. The van der Waals surface area contributed by atoms with Crippen molar-refractivity contribution in [2.45, 2.75) is 20.4 Å². The summed E-state index contributed by atoms with van der Waals surface area (Å²) in [5.41, 5.74) is 2.43. The number of carbonyl (C=O) groups excluding carboxylic acids is 2. The number of hydrogen-bond acceptors (Lipinski definition) is 5. The maximum Gasteiger partial charge on any atom is 0.325 e. The third-order valence-electron chi connectivity index (χ3n) is 3.78. The molecule has 7 heteroatoms. The van der Waals surface area contributed by atoms with Crippen LogP contribution in [0.3, 0.4) is 0 Å². The Morgan fingerprint density at radius 1 is 1.28 bits per heavy atom. The predicted molar refractivity (Wildman–Crippen MR) is 97.7 cm³/mol. The summed E-state index contributed by atoms with van der Waals surface area (Å²) < 4.78 is 6.97. The number of rotatable bonds is 6. The van der Waals surface area contributed by atoms with Gasteiger partial charge in [0.1, 0.15) is 17.2 Å². The summed E-state index contributed by atoms with van der Waals surface area (Å²) >= 11 is 1.41. The average molecular weight is 357 g/mol. The highest BCUT2D eigenvalue weighted by Gasteiger charge is 2.16. The summed E-state index contributed by atoms with van der Waals surface area (Å²) in [6.45, 7) is 4.74. The summed E-state index contributed by atoms with van der Waals surface area (Å²) in [5, 5.41) is 6.15. The Labute approximate surface area is 149 Å². The summed E-state index contributed by atoms with van der Waals surface area (Å²) in [6.07, 6.45) is 0. The number of para-hydroxylation sites is 1. The number of fused-ring (bicyclic) bond motifs is 1. The number of hydrogen-bond donors (Lipinski definition) is 1. The van der Waals surface area contributed by atoms with Gasteiger partial charge in [-0.2, -0.15) is 0 Å². The minimum Gasteiger partial charge on any atom is -0.465 e. The van der Waals surface area contributed by atoms with E-state index in [-0.39, 0.29) is 19.1 Å². The molecule has 0 saturated heterocycles. The van der Waals surface area contributed by atoms with Crippen molar-refractivity contribution in [3.63, 3.8) is 0 Å². The van der Waals surface area contributed by atoms with E-state index in [2.05, 4.69) is 40.0 Å². The molecule has 1 N–H and O–H groups in total. The number of nitrogens with zero attached hydrogens (tertiary/aromatic N) is 2. The van der Waals surface area contributed by atoms with Crippen LogP contribution >= 0.6 is 11.3 Å². The first kappa shape index (κ1) is 17.2. The summed E-state index contributed by atoms with van der Waals surface area (Å²) in [4.78, 5) is 27.9. The maximum absolute atomic E-state index is 12.1. The Morgan fingerprint density at radius 2 is 2.08 bits per heavy atom. The van der Waals surface area contributed by atoms with E-state index in [1.165, 1.54) is 11.3 Å². The van der Waals surface area contributed by atoms with Crippen LogP contribution in [0.1, 0.15) is 24.3 Å². The highest BCUT2D eigenvalue weighted by Crippen LogP contribution is 2.30. The van der Waals surface area contributed by atoms with Gasteiger partial charge < -0.3 is 14.6 Å². The number of esters is 1. The molecule has 0 atom stereocenters. The van der Waals surface area contributed by atoms with Crippen molar-refractivity contribution in [1.82, 2.24) is 14.9 Å². The van der Waals surface area contributed by atoms with E-state index in [0.717, 1.165) is 28.1 Å². The second-order valence-corrected chi connectivity index (χ2v) is 6.22. The molecule has 3 rings (SSSR count). The van der Waals surface area contributed by atoms with Crippen molar-refractivity contribution in [2.75, 3.05) is 13.2 Å². The van der Waals surface area contributed by atoms with E-state index < -0.39 is 5.97 Å². The minimum absolute atomic E-state index is 0.158. The van der Waals surface area contributed by atoms with Crippen LogP contribution in [-0.2, 0) is 16.1 Å². The maximum atomic E-state index is 12.1. The van der Waals surface area contributed by atoms with E-state index in [1.54, 1.807) is 12.3 Å². The molecule has 0 spiro atoms. The fourth-order valence-corrected chi connectivity index (χ4v) is 3.50. The van der Waals surface area contributed by atoms with Gasteiger partial charge in [0.15, 0.2) is 0 Å². The monoisotopic (exact) mass is 357 g/mol. The highest BCUT2D eigenvalue weighted by molar-refractivity contribution is 7.13. The quantitative estimate of drug-likeness (QED) is 0.688. The Morgan fingerprint density at radius 3 is 2.84 bits per heavy atom. The lowest BCUT2D eigenvalue weighted by Gasteiger charge is -2.05. The molecular weight excluding hydrogens is 338 g/mol. The van der Waals surface area contributed by atoms with Crippen molar-refractivity contribution in [2.24, 2.45) is 0 Å². The van der Waals surface area contributed by atoms with Crippen molar-refractivity contribution in [3.8, 4) is 10.7 Å². The molecule has 0 radical (unpaired) electrons. The Balaban J connectivity index is 1.82. The zero-order valence-electron chi connectivity index (χ0n) is 14.1. The molecule has 0 bridgehead atoms. The second-order valence-electron chi connectivity index (χ2n) is 5.36. The molecule has 0 unspecified atom stereocenters. The largest absolute Gasteiger partial charge is 0.465 e. The van der Waals surface area contributed by atoms with Crippen molar-refractivity contribution in [3.05, 3.63) is 41.4 Å². The van der Waals surface area contributed by atoms with Crippen LogP contribution in [0.2, 0.25) is 0 Å². The first-order chi connectivity index (χ1) is 12.1. The van der Waals surface area contributed by atoms with Gasteiger partial charge in [-0.05, 0) is 26.0 Å². The number of ether oxygens (including phenoxy) is 1. The topological polar surface area (TPSA) is 73.2 Å². The molecule has 130 valence electrons. The van der Waals surface area contributed by atoms with Gasteiger partial charge in [0.05, 0.1) is 12.3 Å². The fourth-order valence-electron chi connectivity index (χ4n) is 2.68. The molecule has 0 aliphatic carbocycles. The Hall–Kier alpha value is -2.67. The SMILES string of the molecule is CCOC(=O)CNC(=O)c1csc(-c2cc3ccccc3n2CC)n1. The zero-order chi connectivity index (χ0) is 17.8. The number of aromatic nitrogens is 2. The van der Waals surface area contributed by atoms with Crippen LogP contribution in [0.5, 0.6) is 0 Å². The van der Waals surface area contributed by atoms with Gasteiger partial charge in [-0.15, -0.1) is 11.3 Å². The molecule has 1 aromatic carbocycles. The molecule has 2 aromatic heterocycles. The molecular formula is C18H19N3O3S. The molecule has 0 saturated carbocycles. The van der Waals surface area contributed by atoms with E-state index in [9.17, 15) is 9.59 Å². The van der Waals surface area contributed by atoms with Gasteiger partial charge in [-0.1, -0.05) is 18.2 Å². The van der Waals surface area contributed by atoms with Crippen molar-refractivity contribution >= 4 is 34.1 Å². The molecule has 0 fully saturated rings. The first-order valence-electron chi connectivity index (χ1n) is 8.12. The third kappa shape index (κ3) is 3.56. The fraction of sp³-hybridized carbons (Fsp3) is 0.278. The van der Waals surface area contributed by atoms with Crippen LogP contribution in [0, 0.1) is 0 Å². The normalized spacial score (nSPS) is 10.8. The Kier molecular flexibility index (Phi) is 5.14. The molecule has 25 heavy (non-hydrogen) atoms. The standard InChI is InChI=1S/C18H19N3O3S/c1-3-21-14-8-6-5-7-12(14)9-15(21)18-20-13(11-25-18)17(23)19-10-16(22)24-4-2/h5-9,11H,3-4,10H2,1-2H3,(H,19,23). The van der Waals surface area contributed by atoms with Gasteiger partial charge >= 0.3 is 5.97 Å². The lowest BCUT2D eigenvalue weighted by molar-refractivity contribution is -0.141. The lowest BCUT2D eigenvalue weighted by atomic mass is 10.2.